The monoisotopic (exact) mass is 442 g/mol. The Labute approximate surface area is 187 Å². The number of hydrogen-bond donors (Lipinski definition) is 0. The minimum atomic E-state index is -0.561. The van der Waals surface area contributed by atoms with E-state index in [1.165, 1.54) is 41.6 Å². The van der Waals surface area contributed by atoms with E-state index in [0.29, 0.717) is 29.2 Å². The Kier molecular flexibility index (Phi) is 8.78. The topological polar surface area (TPSA) is 89.5 Å². The van der Waals surface area contributed by atoms with Gasteiger partial charge in [-0.05, 0) is 24.6 Å². The van der Waals surface area contributed by atoms with Crippen LogP contribution < -0.4 is 18.9 Å². The molecule has 170 valence electrons. The molecule has 2 aromatic rings. The third kappa shape index (κ3) is 5.24. The molecule has 2 rings (SSSR count). The van der Waals surface area contributed by atoms with E-state index in [0.717, 1.165) is 0 Å². The molecule has 8 heteroatoms. The highest BCUT2D eigenvalue weighted by atomic mass is 16.5. The summed E-state index contributed by atoms with van der Waals surface area (Å²) in [5, 5.41) is 0. The van der Waals surface area contributed by atoms with Crippen molar-refractivity contribution in [2.24, 2.45) is 0 Å². The van der Waals surface area contributed by atoms with Gasteiger partial charge in [-0.2, -0.15) is 0 Å². The summed E-state index contributed by atoms with van der Waals surface area (Å²) in [5.41, 5.74) is 1.27. The molecule has 0 saturated carbocycles. The van der Waals surface area contributed by atoms with Crippen LogP contribution in [-0.2, 0) is 9.47 Å². The van der Waals surface area contributed by atoms with Crippen LogP contribution in [0, 0.1) is 11.8 Å². The maximum Gasteiger partial charge on any atom is 0.341 e. The molecule has 0 spiro atoms. The van der Waals surface area contributed by atoms with Gasteiger partial charge in [0.15, 0.2) is 11.5 Å². The third-order valence-corrected chi connectivity index (χ3v) is 4.43. The largest absolute Gasteiger partial charge is 0.496 e. The number of benzene rings is 2. The first kappa shape index (κ1) is 24.4. The summed E-state index contributed by atoms with van der Waals surface area (Å²) in [5.74, 6) is 6.00. The molecule has 32 heavy (non-hydrogen) atoms. The predicted molar refractivity (Wildman–Crippen MR) is 117 cm³/mol. The molecule has 0 saturated heterocycles. The second-order valence-corrected chi connectivity index (χ2v) is 6.36. The Hall–Kier alpha value is -3.86. The SMILES string of the molecule is CCCOC(=O)c1cc(OC)c(OC)c(OC)c1C#Cc1ccc(C(=O)OC)c(OC)c1. The Morgan fingerprint density at radius 2 is 1.47 bits per heavy atom. The van der Waals surface area contributed by atoms with Crippen molar-refractivity contribution in [3.63, 3.8) is 0 Å². The molecule has 2 aromatic carbocycles. The van der Waals surface area contributed by atoms with Crippen molar-refractivity contribution in [3.8, 4) is 34.8 Å². The second-order valence-electron chi connectivity index (χ2n) is 6.36. The minimum absolute atomic E-state index is 0.179. The zero-order chi connectivity index (χ0) is 23.7. The van der Waals surface area contributed by atoms with Crippen LogP contribution in [0.15, 0.2) is 24.3 Å². The van der Waals surface area contributed by atoms with Crippen molar-refractivity contribution in [1.29, 1.82) is 0 Å². The smallest absolute Gasteiger partial charge is 0.341 e. The first-order valence-corrected chi connectivity index (χ1v) is 9.74. The average molecular weight is 442 g/mol. The Morgan fingerprint density at radius 1 is 0.781 bits per heavy atom. The van der Waals surface area contributed by atoms with Crippen LogP contribution in [0.2, 0.25) is 0 Å². The van der Waals surface area contributed by atoms with E-state index in [-0.39, 0.29) is 29.0 Å². The molecule has 0 atom stereocenters. The maximum atomic E-state index is 12.7. The quantitative estimate of drug-likeness (QED) is 0.454. The summed E-state index contributed by atoms with van der Waals surface area (Å²) in [4.78, 5) is 24.6. The van der Waals surface area contributed by atoms with Crippen LogP contribution >= 0.6 is 0 Å². The fourth-order valence-electron chi connectivity index (χ4n) is 2.90. The Balaban J connectivity index is 2.66. The summed E-state index contributed by atoms with van der Waals surface area (Å²) < 4.78 is 31.6. The van der Waals surface area contributed by atoms with E-state index in [1.54, 1.807) is 18.2 Å². The summed E-state index contributed by atoms with van der Waals surface area (Å²) in [6.07, 6.45) is 0.670. The lowest BCUT2D eigenvalue weighted by Gasteiger charge is -2.16. The summed E-state index contributed by atoms with van der Waals surface area (Å²) in [6.45, 7) is 2.16. The highest BCUT2D eigenvalue weighted by Crippen LogP contribution is 2.42. The van der Waals surface area contributed by atoms with Crippen LogP contribution in [0.1, 0.15) is 45.2 Å². The minimum Gasteiger partial charge on any atom is -0.496 e. The number of methoxy groups -OCH3 is 5. The fourth-order valence-corrected chi connectivity index (χ4v) is 2.90. The highest BCUT2D eigenvalue weighted by molar-refractivity contribution is 5.95. The van der Waals surface area contributed by atoms with Crippen molar-refractivity contribution in [1.82, 2.24) is 0 Å². The zero-order valence-corrected chi connectivity index (χ0v) is 19.0. The molecule has 0 aliphatic rings. The van der Waals surface area contributed by atoms with E-state index in [4.69, 9.17) is 28.4 Å². The number of ether oxygens (including phenoxy) is 6. The first-order valence-electron chi connectivity index (χ1n) is 9.74. The molecule has 0 unspecified atom stereocenters. The van der Waals surface area contributed by atoms with Crippen molar-refractivity contribution < 1.29 is 38.0 Å². The van der Waals surface area contributed by atoms with Gasteiger partial charge in [-0.25, -0.2) is 9.59 Å². The summed E-state index contributed by atoms with van der Waals surface area (Å²) in [7, 11) is 7.09. The van der Waals surface area contributed by atoms with Gasteiger partial charge in [0.05, 0.1) is 53.3 Å². The lowest BCUT2D eigenvalue weighted by atomic mass is 10.0. The maximum absolute atomic E-state index is 12.7. The van der Waals surface area contributed by atoms with Gasteiger partial charge in [-0.15, -0.1) is 0 Å². The van der Waals surface area contributed by atoms with Crippen molar-refractivity contribution in [2.75, 3.05) is 42.2 Å². The standard InChI is InChI=1S/C24H26O8/c1-7-12-32-24(26)18-14-20(28-3)22(30-5)21(29-4)16(18)10-8-15-9-11-17(23(25)31-6)19(13-15)27-2/h9,11,13-14H,7,12H2,1-6H3. The highest BCUT2D eigenvalue weighted by Gasteiger charge is 2.24. The van der Waals surface area contributed by atoms with Gasteiger partial charge in [-0.1, -0.05) is 18.8 Å². The van der Waals surface area contributed by atoms with Gasteiger partial charge in [0.2, 0.25) is 5.75 Å². The lowest BCUT2D eigenvalue weighted by Crippen LogP contribution is -2.10. The van der Waals surface area contributed by atoms with Crippen molar-refractivity contribution in [3.05, 3.63) is 46.5 Å². The molecular formula is C24H26O8. The van der Waals surface area contributed by atoms with E-state index in [2.05, 4.69) is 11.8 Å². The molecular weight excluding hydrogens is 416 g/mol. The van der Waals surface area contributed by atoms with E-state index >= 15 is 0 Å². The Bertz CT molecular complexity index is 1050. The molecule has 0 aliphatic carbocycles. The van der Waals surface area contributed by atoms with Crippen LogP contribution in [-0.4, -0.2) is 54.1 Å². The van der Waals surface area contributed by atoms with Gasteiger partial charge < -0.3 is 28.4 Å². The van der Waals surface area contributed by atoms with Crippen molar-refractivity contribution in [2.45, 2.75) is 13.3 Å². The van der Waals surface area contributed by atoms with E-state index in [9.17, 15) is 9.59 Å². The number of carbonyl (C=O) groups excluding carboxylic acids is 2. The summed E-state index contributed by atoms with van der Waals surface area (Å²) in [6, 6.07) is 6.30. The molecule has 0 heterocycles. The molecule has 0 aliphatic heterocycles. The number of hydrogen-bond acceptors (Lipinski definition) is 8. The average Bonchev–Trinajstić information content (AvgIpc) is 2.83. The second kappa shape index (κ2) is 11.5. The van der Waals surface area contributed by atoms with E-state index in [1.807, 2.05) is 6.92 Å². The van der Waals surface area contributed by atoms with Gasteiger partial charge in [0.1, 0.15) is 11.3 Å². The molecule has 0 amide bonds. The zero-order valence-electron chi connectivity index (χ0n) is 19.0. The molecule has 0 aromatic heterocycles. The van der Waals surface area contributed by atoms with Crippen molar-refractivity contribution >= 4 is 11.9 Å². The number of carbonyl (C=O) groups is 2. The van der Waals surface area contributed by atoms with Gasteiger partial charge in [0, 0.05) is 11.6 Å². The predicted octanol–water partition coefficient (Wildman–Crippen LogP) is 3.47. The summed E-state index contributed by atoms with van der Waals surface area (Å²) >= 11 is 0. The molecule has 0 N–H and O–H groups in total. The lowest BCUT2D eigenvalue weighted by molar-refractivity contribution is 0.0503. The van der Waals surface area contributed by atoms with Crippen LogP contribution in [0.4, 0.5) is 0 Å². The molecule has 0 fully saturated rings. The fraction of sp³-hybridized carbons (Fsp3) is 0.333. The Morgan fingerprint density at radius 3 is 2.03 bits per heavy atom. The van der Waals surface area contributed by atoms with Crippen LogP contribution in [0.3, 0.4) is 0 Å². The first-order chi connectivity index (χ1) is 15.4. The normalized spacial score (nSPS) is 9.81. The molecule has 0 bridgehead atoms. The molecule has 8 nitrogen and oxygen atoms in total. The third-order valence-electron chi connectivity index (χ3n) is 4.43. The van der Waals surface area contributed by atoms with Gasteiger partial charge in [-0.3, -0.25) is 0 Å². The van der Waals surface area contributed by atoms with Crippen LogP contribution in [0.25, 0.3) is 0 Å². The van der Waals surface area contributed by atoms with E-state index < -0.39 is 11.9 Å². The number of esters is 2. The van der Waals surface area contributed by atoms with Crippen LogP contribution in [0.5, 0.6) is 23.0 Å². The molecule has 0 radical (unpaired) electrons. The van der Waals surface area contributed by atoms with Gasteiger partial charge in [0.25, 0.3) is 0 Å². The number of rotatable bonds is 8. The van der Waals surface area contributed by atoms with Gasteiger partial charge >= 0.3 is 11.9 Å².